The van der Waals surface area contributed by atoms with Crippen LogP contribution in [0.1, 0.15) is 32.6 Å². The molecule has 0 unspecified atom stereocenters. The third kappa shape index (κ3) is 4.17. The Bertz CT molecular complexity index is 544. The molecule has 1 fully saturated rings. The van der Waals surface area contributed by atoms with Gasteiger partial charge in [0.2, 0.25) is 11.8 Å². The highest BCUT2D eigenvalue weighted by molar-refractivity contribution is 6.33. The number of carbonyl (C=O) groups is 2. The fourth-order valence-corrected chi connectivity index (χ4v) is 2.92. The topological polar surface area (TPSA) is 58.2 Å². The maximum Gasteiger partial charge on any atom is 0.247 e. The van der Waals surface area contributed by atoms with E-state index in [2.05, 4.69) is 10.6 Å². The van der Waals surface area contributed by atoms with E-state index in [-0.39, 0.29) is 22.8 Å². The fraction of sp³-hybridized carbons (Fsp3) is 0.467. The van der Waals surface area contributed by atoms with Gasteiger partial charge in [-0.2, -0.15) is 0 Å². The molecule has 1 aromatic carbocycles. The molecule has 4 nitrogen and oxygen atoms in total. The number of halogens is 2. The zero-order valence-corrected chi connectivity index (χ0v) is 12.5. The lowest BCUT2D eigenvalue weighted by atomic mass is 9.97. The first-order valence-corrected chi connectivity index (χ1v) is 7.38. The summed E-state index contributed by atoms with van der Waals surface area (Å²) in [4.78, 5) is 23.7. The lowest BCUT2D eigenvalue weighted by molar-refractivity contribution is -0.126. The molecule has 0 radical (unpaired) electrons. The van der Waals surface area contributed by atoms with Crippen LogP contribution in [0.25, 0.3) is 0 Å². The SMILES string of the molecule is CC(=O)N[C@@H](C(=O)Nc1ccc(F)cc1Cl)C1CCCC1. The minimum Gasteiger partial charge on any atom is -0.344 e. The summed E-state index contributed by atoms with van der Waals surface area (Å²) in [5.41, 5.74) is 0.344. The molecular formula is C15H18ClFN2O2. The van der Waals surface area contributed by atoms with Crippen molar-refractivity contribution < 1.29 is 14.0 Å². The summed E-state index contributed by atoms with van der Waals surface area (Å²) in [6.45, 7) is 1.39. The number of hydrogen-bond donors (Lipinski definition) is 2. The number of carbonyl (C=O) groups excluding carboxylic acids is 2. The lowest BCUT2D eigenvalue weighted by Gasteiger charge is -2.23. The van der Waals surface area contributed by atoms with Gasteiger partial charge in [0.15, 0.2) is 0 Å². The van der Waals surface area contributed by atoms with Crippen molar-refractivity contribution in [3.63, 3.8) is 0 Å². The van der Waals surface area contributed by atoms with E-state index in [4.69, 9.17) is 11.6 Å². The van der Waals surface area contributed by atoms with Crippen molar-refractivity contribution in [2.75, 3.05) is 5.32 Å². The summed E-state index contributed by atoms with van der Waals surface area (Å²) in [6, 6.07) is 3.20. The third-order valence-electron chi connectivity index (χ3n) is 3.70. The molecule has 1 aliphatic carbocycles. The number of anilines is 1. The average Bonchev–Trinajstić information content (AvgIpc) is 2.92. The summed E-state index contributed by atoms with van der Waals surface area (Å²) in [6.07, 6.45) is 3.95. The van der Waals surface area contributed by atoms with E-state index in [1.165, 1.54) is 19.1 Å². The van der Waals surface area contributed by atoms with E-state index in [0.29, 0.717) is 5.69 Å². The van der Waals surface area contributed by atoms with Crippen LogP contribution in [0.2, 0.25) is 5.02 Å². The van der Waals surface area contributed by atoms with Gasteiger partial charge in [0.1, 0.15) is 11.9 Å². The smallest absolute Gasteiger partial charge is 0.247 e. The van der Waals surface area contributed by atoms with Gasteiger partial charge in [-0.05, 0) is 37.0 Å². The predicted octanol–water partition coefficient (Wildman–Crippen LogP) is 3.11. The van der Waals surface area contributed by atoms with Crippen molar-refractivity contribution in [2.45, 2.75) is 38.6 Å². The van der Waals surface area contributed by atoms with Gasteiger partial charge >= 0.3 is 0 Å². The Morgan fingerprint density at radius 2 is 2.00 bits per heavy atom. The molecule has 0 aliphatic heterocycles. The van der Waals surface area contributed by atoms with Crippen LogP contribution in [0.4, 0.5) is 10.1 Å². The normalized spacial score (nSPS) is 16.5. The predicted molar refractivity (Wildman–Crippen MR) is 79.6 cm³/mol. The lowest BCUT2D eigenvalue weighted by Crippen LogP contribution is -2.47. The molecule has 6 heteroatoms. The van der Waals surface area contributed by atoms with Crippen molar-refractivity contribution >= 4 is 29.1 Å². The van der Waals surface area contributed by atoms with Crippen LogP contribution in [0.3, 0.4) is 0 Å². The first-order valence-electron chi connectivity index (χ1n) is 7.00. The van der Waals surface area contributed by atoms with Crippen molar-refractivity contribution in [1.29, 1.82) is 0 Å². The molecule has 0 heterocycles. The van der Waals surface area contributed by atoms with Gasteiger partial charge in [-0.1, -0.05) is 24.4 Å². The molecule has 2 amide bonds. The number of rotatable bonds is 4. The summed E-state index contributed by atoms with van der Waals surface area (Å²) in [5, 5.41) is 5.51. The highest BCUT2D eigenvalue weighted by Gasteiger charge is 2.31. The molecule has 1 atom stereocenters. The molecule has 2 N–H and O–H groups in total. The van der Waals surface area contributed by atoms with Gasteiger partial charge in [-0.25, -0.2) is 4.39 Å². The largest absolute Gasteiger partial charge is 0.344 e. The molecule has 0 saturated heterocycles. The first kappa shape index (κ1) is 15.8. The van der Waals surface area contributed by atoms with E-state index in [1.54, 1.807) is 0 Å². The number of hydrogen-bond acceptors (Lipinski definition) is 2. The number of nitrogens with one attached hydrogen (secondary N) is 2. The summed E-state index contributed by atoms with van der Waals surface area (Å²) in [5.74, 6) is -0.891. The third-order valence-corrected chi connectivity index (χ3v) is 4.01. The maximum atomic E-state index is 13.0. The second-order valence-electron chi connectivity index (χ2n) is 5.34. The molecule has 0 aromatic heterocycles. The van der Waals surface area contributed by atoms with Gasteiger partial charge in [0.25, 0.3) is 0 Å². The van der Waals surface area contributed by atoms with Gasteiger partial charge in [0.05, 0.1) is 10.7 Å². The van der Waals surface area contributed by atoms with Crippen LogP contribution >= 0.6 is 11.6 Å². The van der Waals surface area contributed by atoms with E-state index in [9.17, 15) is 14.0 Å². The Kier molecular flexibility index (Phi) is 5.17. The fourth-order valence-electron chi connectivity index (χ4n) is 2.71. The monoisotopic (exact) mass is 312 g/mol. The molecule has 1 aromatic rings. The van der Waals surface area contributed by atoms with Gasteiger partial charge in [-0.15, -0.1) is 0 Å². The average molecular weight is 313 g/mol. The Balaban J connectivity index is 2.11. The molecule has 1 aliphatic rings. The van der Waals surface area contributed by atoms with E-state index in [1.807, 2.05) is 0 Å². The Hall–Kier alpha value is -1.62. The summed E-state index contributed by atoms with van der Waals surface area (Å²) < 4.78 is 13.0. The molecule has 0 spiro atoms. The van der Waals surface area contributed by atoms with Gasteiger partial charge in [-0.3, -0.25) is 9.59 Å². The molecule has 0 bridgehead atoms. The second-order valence-corrected chi connectivity index (χ2v) is 5.74. The zero-order chi connectivity index (χ0) is 15.4. The second kappa shape index (κ2) is 6.89. The van der Waals surface area contributed by atoms with Crippen LogP contribution in [0.5, 0.6) is 0 Å². The van der Waals surface area contributed by atoms with Crippen LogP contribution < -0.4 is 10.6 Å². The van der Waals surface area contributed by atoms with Crippen molar-refractivity contribution in [3.05, 3.63) is 29.0 Å². The quantitative estimate of drug-likeness (QED) is 0.897. The van der Waals surface area contributed by atoms with E-state index < -0.39 is 11.9 Å². The molecule has 21 heavy (non-hydrogen) atoms. The minimum atomic E-state index is -0.578. The molecular weight excluding hydrogens is 295 g/mol. The van der Waals surface area contributed by atoms with Crippen molar-refractivity contribution in [2.24, 2.45) is 5.92 Å². The number of amides is 2. The molecule has 114 valence electrons. The van der Waals surface area contributed by atoms with Crippen molar-refractivity contribution in [3.8, 4) is 0 Å². The van der Waals surface area contributed by atoms with Crippen LogP contribution in [-0.4, -0.2) is 17.9 Å². The van der Waals surface area contributed by atoms with Gasteiger partial charge < -0.3 is 10.6 Å². The Morgan fingerprint density at radius 3 is 2.57 bits per heavy atom. The Labute approximate surface area is 128 Å². The van der Waals surface area contributed by atoms with E-state index in [0.717, 1.165) is 31.7 Å². The van der Waals surface area contributed by atoms with E-state index >= 15 is 0 Å². The van der Waals surface area contributed by atoms with Crippen LogP contribution in [0, 0.1) is 11.7 Å². The highest BCUT2D eigenvalue weighted by Crippen LogP contribution is 2.29. The molecule has 1 saturated carbocycles. The van der Waals surface area contributed by atoms with Gasteiger partial charge in [0, 0.05) is 6.92 Å². The Morgan fingerprint density at radius 1 is 1.33 bits per heavy atom. The highest BCUT2D eigenvalue weighted by atomic mass is 35.5. The van der Waals surface area contributed by atoms with Crippen molar-refractivity contribution in [1.82, 2.24) is 5.32 Å². The number of benzene rings is 1. The summed E-state index contributed by atoms with van der Waals surface area (Å²) >= 11 is 5.90. The minimum absolute atomic E-state index is 0.133. The molecule has 2 rings (SSSR count). The first-order chi connectivity index (χ1) is 9.97. The van der Waals surface area contributed by atoms with Crippen LogP contribution in [-0.2, 0) is 9.59 Å². The maximum absolute atomic E-state index is 13.0. The summed E-state index contributed by atoms with van der Waals surface area (Å²) in [7, 11) is 0. The zero-order valence-electron chi connectivity index (χ0n) is 11.8. The standard InChI is InChI=1S/C15H18ClFN2O2/c1-9(20)18-14(10-4-2-3-5-10)15(21)19-13-7-6-11(17)8-12(13)16/h6-8,10,14H,2-5H2,1H3,(H,18,20)(H,19,21)/t14-/m1/s1. The van der Waals surface area contributed by atoms with Crippen LogP contribution in [0.15, 0.2) is 18.2 Å².